The molecule has 0 radical (unpaired) electrons. The number of carbonyl (C=O) groups is 1. The van der Waals surface area contributed by atoms with Crippen molar-refractivity contribution in [1.82, 2.24) is 4.98 Å². The Bertz CT molecular complexity index is 686. The number of rotatable bonds is 5. The van der Waals surface area contributed by atoms with E-state index in [1.807, 2.05) is 13.0 Å². The lowest BCUT2D eigenvalue weighted by Crippen LogP contribution is -2.14. The Kier molecular flexibility index (Phi) is 4.83. The van der Waals surface area contributed by atoms with Crippen molar-refractivity contribution in [2.24, 2.45) is 0 Å². The second kappa shape index (κ2) is 6.80. The van der Waals surface area contributed by atoms with Crippen LogP contribution in [-0.4, -0.2) is 32.2 Å². The van der Waals surface area contributed by atoms with E-state index in [1.54, 1.807) is 24.4 Å². The van der Waals surface area contributed by atoms with E-state index < -0.39 is 0 Å². The zero-order valence-electron chi connectivity index (χ0n) is 13.0. The summed E-state index contributed by atoms with van der Waals surface area (Å²) in [7, 11) is 4.52. The fraction of sp³-hybridized carbons (Fsp3) is 0.250. The summed E-state index contributed by atoms with van der Waals surface area (Å²) >= 11 is 0. The summed E-state index contributed by atoms with van der Waals surface area (Å²) in [5.41, 5.74) is 1.34. The largest absolute Gasteiger partial charge is 0.496 e. The molecule has 0 bridgehead atoms. The number of aryl methyl sites for hydroxylation is 1. The van der Waals surface area contributed by atoms with Crippen LogP contribution in [-0.2, 0) is 0 Å². The number of pyridine rings is 1. The van der Waals surface area contributed by atoms with E-state index in [0.717, 1.165) is 5.56 Å². The van der Waals surface area contributed by atoms with Gasteiger partial charge >= 0.3 is 0 Å². The van der Waals surface area contributed by atoms with Crippen LogP contribution in [0.1, 0.15) is 15.9 Å². The molecule has 0 unspecified atom stereocenters. The Morgan fingerprint density at radius 2 is 1.64 bits per heavy atom. The van der Waals surface area contributed by atoms with Gasteiger partial charge in [0.2, 0.25) is 0 Å². The molecule has 1 aromatic heterocycles. The molecule has 1 N–H and O–H groups in total. The third kappa shape index (κ3) is 3.28. The van der Waals surface area contributed by atoms with Gasteiger partial charge in [-0.3, -0.25) is 4.79 Å². The minimum absolute atomic E-state index is 0.337. The molecule has 0 aliphatic carbocycles. The third-order valence-electron chi connectivity index (χ3n) is 3.11. The van der Waals surface area contributed by atoms with Gasteiger partial charge in [-0.1, -0.05) is 0 Å². The number of anilines is 1. The first-order valence-electron chi connectivity index (χ1n) is 6.63. The highest BCUT2D eigenvalue weighted by Crippen LogP contribution is 2.34. The SMILES string of the molecule is COc1cc(OC)c(C(=O)Nc2cc(C)ccn2)cc1OC. The van der Waals surface area contributed by atoms with Gasteiger partial charge < -0.3 is 19.5 Å². The molecule has 0 aliphatic heterocycles. The van der Waals surface area contributed by atoms with Crippen molar-refractivity contribution in [2.75, 3.05) is 26.6 Å². The summed E-state index contributed by atoms with van der Waals surface area (Å²) in [5, 5.41) is 2.74. The van der Waals surface area contributed by atoms with Crippen molar-refractivity contribution >= 4 is 11.7 Å². The van der Waals surface area contributed by atoms with E-state index in [2.05, 4.69) is 10.3 Å². The predicted octanol–water partition coefficient (Wildman–Crippen LogP) is 2.67. The van der Waals surface area contributed by atoms with Crippen LogP contribution in [0.4, 0.5) is 5.82 Å². The van der Waals surface area contributed by atoms with E-state index >= 15 is 0 Å². The lowest BCUT2D eigenvalue weighted by molar-refractivity contribution is 0.102. The molecule has 1 amide bonds. The molecular weight excluding hydrogens is 284 g/mol. The second-order valence-electron chi connectivity index (χ2n) is 4.58. The van der Waals surface area contributed by atoms with E-state index in [4.69, 9.17) is 14.2 Å². The highest BCUT2D eigenvalue weighted by molar-refractivity contribution is 6.06. The molecule has 0 aliphatic rings. The Morgan fingerprint density at radius 1 is 1.00 bits per heavy atom. The molecule has 0 saturated carbocycles. The summed E-state index contributed by atoms with van der Waals surface area (Å²) in [5.74, 6) is 1.47. The van der Waals surface area contributed by atoms with Crippen LogP contribution in [0.2, 0.25) is 0 Å². The van der Waals surface area contributed by atoms with Gasteiger partial charge in [0.15, 0.2) is 11.5 Å². The van der Waals surface area contributed by atoms with Crippen LogP contribution < -0.4 is 19.5 Å². The van der Waals surface area contributed by atoms with Crippen molar-refractivity contribution in [2.45, 2.75) is 6.92 Å². The predicted molar refractivity (Wildman–Crippen MR) is 83.0 cm³/mol. The first kappa shape index (κ1) is 15.6. The van der Waals surface area contributed by atoms with E-state index in [0.29, 0.717) is 28.6 Å². The highest BCUT2D eigenvalue weighted by atomic mass is 16.5. The number of methoxy groups -OCH3 is 3. The van der Waals surface area contributed by atoms with Gasteiger partial charge in [0.05, 0.1) is 26.9 Å². The second-order valence-corrected chi connectivity index (χ2v) is 4.58. The van der Waals surface area contributed by atoms with E-state index in [9.17, 15) is 4.79 Å². The first-order valence-corrected chi connectivity index (χ1v) is 6.63. The van der Waals surface area contributed by atoms with Crippen LogP contribution in [0.3, 0.4) is 0 Å². The number of benzene rings is 1. The van der Waals surface area contributed by atoms with Gasteiger partial charge in [-0.15, -0.1) is 0 Å². The minimum Gasteiger partial charge on any atom is -0.496 e. The normalized spacial score (nSPS) is 10.0. The van der Waals surface area contributed by atoms with Crippen LogP contribution in [0.25, 0.3) is 0 Å². The zero-order valence-corrected chi connectivity index (χ0v) is 13.0. The Hall–Kier alpha value is -2.76. The fourth-order valence-electron chi connectivity index (χ4n) is 1.99. The molecule has 2 rings (SSSR count). The fourth-order valence-corrected chi connectivity index (χ4v) is 1.99. The molecule has 1 aromatic carbocycles. The third-order valence-corrected chi connectivity index (χ3v) is 3.11. The quantitative estimate of drug-likeness (QED) is 0.919. The van der Waals surface area contributed by atoms with Crippen molar-refractivity contribution in [3.05, 3.63) is 41.6 Å². The number of nitrogens with zero attached hydrogens (tertiary/aromatic N) is 1. The van der Waals surface area contributed by atoms with Crippen molar-refractivity contribution in [3.63, 3.8) is 0 Å². The molecule has 1 heterocycles. The molecule has 116 valence electrons. The number of hydrogen-bond donors (Lipinski definition) is 1. The average Bonchev–Trinajstić information content (AvgIpc) is 2.53. The Balaban J connectivity index is 2.36. The highest BCUT2D eigenvalue weighted by Gasteiger charge is 2.18. The number of hydrogen-bond acceptors (Lipinski definition) is 5. The van der Waals surface area contributed by atoms with E-state index in [-0.39, 0.29) is 5.91 Å². The monoisotopic (exact) mass is 302 g/mol. The Morgan fingerprint density at radius 3 is 2.23 bits per heavy atom. The molecule has 6 heteroatoms. The van der Waals surface area contributed by atoms with Gasteiger partial charge in [0.1, 0.15) is 11.6 Å². The molecule has 0 saturated heterocycles. The maximum absolute atomic E-state index is 12.4. The van der Waals surface area contributed by atoms with Gasteiger partial charge in [0.25, 0.3) is 5.91 Å². The molecule has 0 atom stereocenters. The molecule has 0 fully saturated rings. The summed E-state index contributed by atoms with van der Waals surface area (Å²) in [4.78, 5) is 16.6. The lowest BCUT2D eigenvalue weighted by atomic mass is 10.1. The number of carbonyl (C=O) groups excluding carboxylic acids is 1. The summed E-state index contributed by atoms with van der Waals surface area (Å²) in [6.45, 7) is 1.92. The zero-order chi connectivity index (χ0) is 16.1. The number of aromatic nitrogens is 1. The van der Waals surface area contributed by atoms with Crippen molar-refractivity contribution < 1.29 is 19.0 Å². The topological polar surface area (TPSA) is 69.7 Å². The van der Waals surface area contributed by atoms with Gasteiger partial charge in [0, 0.05) is 18.3 Å². The minimum atomic E-state index is -0.337. The van der Waals surface area contributed by atoms with Crippen LogP contribution in [0.15, 0.2) is 30.5 Å². The smallest absolute Gasteiger partial charge is 0.260 e. The summed E-state index contributed by atoms with van der Waals surface area (Å²) < 4.78 is 15.7. The van der Waals surface area contributed by atoms with Gasteiger partial charge in [-0.25, -0.2) is 4.98 Å². The average molecular weight is 302 g/mol. The maximum Gasteiger partial charge on any atom is 0.260 e. The van der Waals surface area contributed by atoms with Gasteiger partial charge in [-0.05, 0) is 24.6 Å². The Labute approximate surface area is 129 Å². The number of amides is 1. The van der Waals surface area contributed by atoms with Crippen LogP contribution in [0.5, 0.6) is 17.2 Å². The molecule has 2 aromatic rings. The van der Waals surface area contributed by atoms with Crippen LogP contribution in [0, 0.1) is 6.92 Å². The molecule has 0 spiro atoms. The summed E-state index contributed by atoms with van der Waals surface area (Å²) in [6.07, 6.45) is 1.64. The molecule has 22 heavy (non-hydrogen) atoms. The van der Waals surface area contributed by atoms with E-state index in [1.165, 1.54) is 21.3 Å². The lowest BCUT2D eigenvalue weighted by Gasteiger charge is -2.14. The number of nitrogens with one attached hydrogen (secondary N) is 1. The summed E-state index contributed by atoms with van der Waals surface area (Å²) in [6, 6.07) is 6.82. The van der Waals surface area contributed by atoms with Crippen molar-refractivity contribution in [3.8, 4) is 17.2 Å². The standard InChI is InChI=1S/C16H18N2O4/c1-10-5-6-17-15(7-10)18-16(19)11-8-13(21-3)14(22-4)9-12(11)20-2/h5-9H,1-4H3,(H,17,18,19). The van der Waals surface area contributed by atoms with Crippen molar-refractivity contribution in [1.29, 1.82) is 0 Å². The number of ether oxygens (including phenoxy) is 3. The first-order chi connectivity index (χ1) is 10.6. The van der Waals surface area contributed by atoms with Crippen LogP contribution >= 0.6 is 0 Å². The maximum atomic E-state index is 12.4. The van der Waals surface area contributed by atoms with Gasteiger partial charge in [-0.2, -0.15) is 0 Å². The molecular formula is C16H18N2O4. The molecule has 6 nitrogen and oxygen atoms in total.